The zero-order valence-corrected chi connectivity index (χ0v) is 15.7. The van der Waals surface area contributed by atoms with Gasteiger partial charge in [-0.2, -0.15) is 4.98 Å². The topological polar surface area (TPSA) is 144 Å². The Morgan fingerprint density at radius 1 is 1.33 bits per heavy atom. The smallest absolute Gasteiger partial charge is 0.329 e. The average Bonchev–Trinajstić information content (AvgIpc) is 3.43. The van der Waals surface area contributed by atoms with Gasteiger partial charge in [0.25, 0.3) is 0 Å². The predicted octanol–water partition coefficient (Wildman–Crippen LogP) is 1.80. The Hall–Kier alpha value is -2.79. The van der Waals surface area contributed by atoms with Crippen molar-refractivity contribution in [3.63, 3.8) is 0 Å². The summed E-state index contributed by atoms with van der Waals surface area (Å²) < 4.78 is 22.7. The van der Waals surface area contributed by atoms with Gasteiger partial charge in [-0.3, -0.25) is 10.1 Å². The van der Waals surface area contributed by atoms with E-state index < -0.39 is 14.9 Å². The first-order chi connectivity index (χ1) is 12.7. The summed E-state index contributed by atoms with van der Waals surface area (Å²) in [7, 11) is -1.99. The highest BCUT2D eigenvalue weighted by Crippen LogP contribution is 2.31. The maximum absolute atomic E-state index is 11.4. The lowest BCUT2D eigenvalue weighted by Crippen LogP contribution is -2.24. The molecular weight excluding hydrogens is 372 g/mol. The van der Waals surface area contributed by atoms with Gasteiger partial charge in [-0.25, -0.2) is 18.5 Å². The van der Waals surface area contributed by atoms with Gasteiger partial charge in [0, 0.05) is 13.1 Å². The number of hydrogen-bond donors (Lipinski definition) is 2. The first-order valence-electron chi connectivity index (χ1n) is 8.30. The lowest BCUT2D eigenvalue weighted by atomic mass is 10.1. The van der Waals surface area contributed by atoms with E-state index in [1.54, 1.807) is 24.1 Å². The Morgan fingerprint density at radius 3 is 2.48 bits per heavy atom. The molecule has 0 bridgehead atoms. The van der Waals surface area contributed by atoms with Crippen molar-refractivity contribution < 1.29 is 13.3 Å². The number of rotatable bonds is 7. The number of nitrogens with zero attached hydrogens (tertiary/aromatic N) is 4. The van der Waals surface area contributed by atoms with Crippen LogP contribution in [0.3, 0.4) is 0 Å². The van der Waals surface area contributed by atoms with E-state index in [1.807, 2.05) is 6.92 Å². The summed E-state index contributed by atoms with van der Waals surface area (Å²) in [5.41, 5.74) is 0.660. The lowest BCUT2D eigenvalue weighted by Gasteiger charge is -2.25. The summed E-state index contributed by atoms with van der Waals surface area (Å²) >= 11 is 0. The van der Waals surface area contributed by atoms with E-state index in [2.05, 4.69) is 15.3 Å². The van der Waals surface area contributed by atoms with Crippen molar-refractivity contribution in [1.29, 1.82) is 0 Å². The van der Waals surface area contributed by atoms with Crippen LogP contribution in [0.15, 0.2) is 35.4 Å². The molecule has 3 N–H and O–H groups in total. The lowest BCUT2D eigenvalue weighted by molar-refractivity contribution is -0.384. The fraction of sp³-hybridized carbons (Fsp3) is 0.375. The second kappa shape index (κ2) is 7.08. The molecule has 0 amide bonds. The quantitative estimate of drug-likeness (QED) is 0.536. The fourth-order valence-electron chi connectivity index (χ4n) is 2.53. The second-order valence-electron chi connectivity index (χ2n) is 6.48. The first-order valence-corrected chi connectivity index (χ1v) is 9.85. The molecule has 11 heteroatoms. The van der Waals surface area contributed by atoms with Crippen LogP contribution in [0.5, 0.6) is 0 Å². The molecule has 3 rings (SSSR count). The molecule has 1 aliphatic rings. The molecule has 1 saturated carbocycles. The minimum Gasteiger partial charge on any atom is -0.361 e. The van der Waals surface area contributed by atoms with E-state index in [4.69, 9.17) is 5.14 Å². The zero-order chi connectivity index (χ0) is 19.8. The van der Waals surface area contributed by atoms with Gasteiger partial charge in [0.2, 0.25) is 21.8 Å². The Bertz CT molecular complexity index is 959. The molecule has 1 atom stereocenters. The van der Waals surface area contributed by atoms with Gasteiger partial charge in [0.15, 0.2) is 0 Å². The van der Waals surface area contributed by atoms with Gasteiger partial charge in [0.05, 0.1) is 15.9 Å². The van der Waals surface area contributed by atoms with Crippen LogP contribution in [0.1, 0.15) is 31.4 Å². The highest BCUT2D eigenvalue weighted by molar-refractivity contribution is 7.89. The Labute approximate surface area is 156 Å². The van der Waals surface area contributed by atoms with E-state index in [-0.39, 0.29) is 28.5 Å². The monoisotopic (exact) mass is 392 g/mol. The van der Waals surface area contributed by atoms with Crippen LogP contribution in [0.2, 0.25) is 0 Å². The summed E-state index contributed by atoms with van der Waals surface area (Å²) in [5, 5.41) is 19.4. The average molecular weight is 392 g/mol. The molecule has 0 spiro atoms. The van der Waals surface area contributed by atoms with Crippen molar-refractivity contribution in [3.8, 4) is 0 Å². The Kier molecular flexibility index (Phi) is 4.98. The fourth-order valence-corrected chi connectivity index (χ4v) is 3.05. The van der Waals surface area contributed by atoms with E-state index in [9.17, 15) is 18.5 Å². The van der Waals surface area contributed by atoms with Crippen molar-refractivity contribution >= 4 is 27.5 Å². The van der Waals surface area contributed by atoms with Crippen molar-refractivity contribution in [2.24, 2.45) is 5.14 Å². The van der Waals surface area contributed by atoms with Gasteiger partial charge in [-0.1, -0.05) is 12.1 Å². The van der Waals surface area contributed by atoms with E-state index in [1.165, 1.54) is 18.3 Å². The molecular formula is C16H20N6O4S. The number of nitrogens with one attached hydrogen (secondary N) is 1. The molecule has 10 nitrogen and oxygen atoms in total. The zero-order valence-electron chi connectivity index (χ0n) is 14.9. The minimum absolute atomic E-state index is 0.0311. The van der Waals surface area contributed by atoms with Gasteiger partial charge in [-0.15, -0.1) is 0 Å². The number of nitro groups is 1. The number of benzene rings is 1. The SMILES string of the molecule is C[C@H](c1ccc(S(N)(=O)=O)cc1)N(C)c1ncc([N+](=O)[O-])c(NC2CC2)n1. The van der Waals surface area contributed by atoms with Crippen molar-refractivity contribution in [2.75, 3.05) is 17.3 Å². The summed E-state index contributed by atoms with van der Waals surface area (Å²) in [5.74, 6) is 0.530. The van der Waals surface area contributed by atoms with E-state index >= 15 is 0 Å². The van der Waals surface area contributed by atoms with Crippen molar-refractivity contribution in [2.45, 2.75) is 36.7 Å². The molecule has 0 aliphatic heterocycles. The molecule has 1 aliphatic carbocycles. The number of primary sulfonamides is 1. The molecule has 2 aromatic rings. The molecule has 1 heterocycles. The highest BCUT2D eigenvalue weighted by atomic mass is 32.2. The molecule has 27 heavy (non-hydrogen) atoms. The number of hydrogen-bond acceptors (Lipinski definition) is 8. The number of sulfonamides is 1. The van der Waals surface area contributed by atoms with Crippen LogP contribution < -0.4 is 15.4 Å². The Morgan fingerprint density at radius 2 is 1.96 bits per heavy atom. The normalized spacial score (nSPS) is 15.2. The number of aromatic nitrogens is 2. The summed E-state index contributed by atoms with van der Waals surface area (Å²) in [6, 6.07) is 6.21. The van der Waals surface area contributed by atoms with Gasteiger partial charge in [0.1, 0.15) is 6.20 Å². The second-order valence-corrected chi connectivity index (χ2v) is 8.04. The molecule has 0 unspecified atom stereocenters. The maximum Gasteiger partial charge on any atom is 0.329 e. The first kappa shape index (κ1) is 19.0. The third-order valence-electron chi connectivity index (χ3n) is 4.46. The predicted molar refractivity (Wildman–Crippen MR) is 100.0 cm³/mol. The van der Waals surface area contributed by atoms with E-state index in [0.717, 1.165) is 18.4 Å². The van der Waals surface area contributed by atoms with Gasteiger partial charge in [-0.05, 0) is 37.5 Å². The van der Waals surface area contributed by atoms with Crippen LogP contribution in [0, 0.1) is 10.1 Å². The molecule has 0 radical (unpaired) electrons. The molecule has 0 saturated heterocycles. The van der Waals surface area contributed by atoms with Gasteiger partial charge >= 0.3 is 5.69 Å². The number of nitrogens with two attached hydrogens (primary N) is 1. The third kappa shape index (κ3) is 4.31. The van der Waals surface area contributed by atoms with Crippen LogP contribution in [0.25, 0.3) is 0 Å². The summed E-state index contributed by atoms with van der Waals surface area (Å²) in [4.78, 5) is 20.9. The summed E-state index contributed by atoms with van der Waals surface area (Å²) in [6.07, 6.45) is 3.11. The van der Waals surface area contributed by atoms with Gasteiger partial charge < -0.3 is 10.2 Å². The Balaban J connectivity index is 1.85. The minimum atomic E-state index is -3.75. The van der Waals surface area contributed by atoms with Crippen LogP contribution in [-0.2, 0) is 10.0 Å². The highest BCUT2D eigenvalue weighted by Gasteiger charge is 2.27. The summed E-state index contributed by atoms with van der Waals surface area (Å²) in [6.45, 7) is 1.89. The van der Waals surface area contributed by atoms with Crippen LogP contribution >= 0.6 is 0 Å². The van der Waals surface area contributed by atoms with Crippen LogP contribution in [-0.4, -0.2) is 36.4 Å². The van der Waals surface area contributed by atoms with Crippen LogP contribution in [0.4, 0.5) is 17.5 Å². The molecule has 1 aromatic heterocycles. The number of anilines is 2. The largest absolute Gasteiger partial charge is 0.361 e. The standard InChI is InChI=1S/C16H20N6O4S/c1-10(11-3-7-13(8-4-11)27(17,25)26)21(2)16-18-9-14(22(23)24)15(20-16)19-12-5-6-12/h3-4,7-10,12H,5-6H2,1-2H3,(H2,17,25,26)(H,18,19,20)/t10-/m1/s1. The molecule has 1 aromatic carbocycles. The van der Waals surface area contributed by atoms with Crippen molar-refractivity contribution in [3.05, 3.63) is 46.1 Å². The maximum atomic E-state index is 11.4. The third-order valence-corrected chi connectivity index (χ3v) is 5.39. The van der Waals surface area contributed by atoms with Crippen molar-refractivity contribution in [1.82, 2.24) is 9.97 Å². The molecule has 144 valence electrons. The molecule has 1 fully saturated rings. The van der Waals surface area contributed by atoms with E-state index in [0.29, 0.717) is 5.95 Å².